The van der Waals surface area contributed by atoms with Gasteiger partial charge in [0.05, 0.1) is 31.4 Å². The van der Waals surface area contributed by atoms with Crippen molar-refractivity contribution in [1.82, 2.24) is 4.90 Å². The molecule has 1 aromatic carbocycles. The molecule has 0 aliphatic carbocycles. The van der Waals surface area contributed by atoms with E-state index in [1.165, 1.54) is 11.0 Å². The molecule has 0 fully saturated rings. The molecule has 10 heteroatoms. The number of β-amino-alcohol motifs (C(OH)–C–C–N with tert-alkyl or cyclic N) is 1. The molecular formula is C19H23F3N2O5. The Morgan fingerprint density at radius 1 is 1.24 bits per heavy atom. The summed E-state index contributed by atoms with van der Waals surface area (Å²) in [6.45, 7) is 4.56. The third-order valence-electron chi connectivity index (χ3n) is 3.88. The number of aliphatic hydroxyl groups is 1. The van der Waals surface area contributed by atoms with E-state index in [0.29, 0.717) is 0 Å². The number of halogens is 3. The normalized spacial score (nSPS) is 15.0. The maximum absolute atomic E-state index is 13.3. The van der Waals surface area contributed by atoms with E-state index < -0.39 is 29.2 Å². The molecule has 2 rings (SSSR count). The first-order chi connectivity index (χ1) is 13.4. The third-order valence-corrected chi connectivity index (χ3v) is 3.88. The fourth-order valence-electron chi connectivity index (χ4n) is 2.74. The molecule has 2 N–H and O–H groups in total. The second-order valence-electron chi connectivity index (χ2n) is 7.38. The number of esters is 1. The number of methoxy groups -OCH3 is 1. The average molecular weight is 416 g/mol. The minimum Gasteiger partial charge on any atom is -0.488 e. The number of carbonyl (C=O) groups is 2. The van der Waals surface area contributed by atoms with Crippen LogP contribution in [0.4, 0.5) is 18.9 Å². The summed E-state index contributed by atoms with van der Waals surface area (Å²) in [5.41, 5.74) is -2.04. The molecule has 7 nitrogen and oxygen atoms in total. The van der Waals surface area contributed by atoms with Gasteiger partial charge in [-0.2, -0.15) is 13.2 Å². The SMILES string of the molecule is COC(=O)C1=C(Nc2cc(OC(C)(C)C)cc(C(F)(F)F)c2)C(=O)N(CCO)C1. The van der Waals surface area contributed by atoms with E-state index in [4.69, 9.17) is 9.84 Å². The van der Waals surface area contributed by atoms with Crippen molar-refractivity contribution in [2.75, 3.05) is 32.1 Å². The van der Waals surface area contributed by atoms with E-state index in [0.717, 1.165) is 19.2 Å². The van der Waals surface area contributed by atoms with Crippen molar-refractivity contribution in [3.05, 3.63) is 35.0 Å². The predicted molar refractivity (Wildman–Crippen MR) is 98.2 cm³/mol. The monoisotopic (exact) mass is 416 g/mol. The molecule has 0 spiro atoms. The van der Waals surface area contributed by atoms with Crippen molar-refractivity contribution in [2.45, 2.75) is 32.5 Å². The average Bonchev–Trinajstić information content (AvgIpc) is 2.88. The Labute approximate surface area is 166 Å². The molecule has 1 heterocycles. The van der Waals surface area contributed by atoms with Crippen LogP contribution in [0.1, 0.15) is 26.3 Å². The van der Waals surface area contributed by atoms with E-state index in [1.807, 2.05) is 0 Å². The second-order valence-corrected chi connectivity index (χ2v) is 7.38. The molecule has 160 valence electrons. The van der Waals surface area contributed by atoms with Crippen LogP contribution in [0, 0.1) is 0 Å². The summed E-state index contributed by atoms with van der Waals surface area (Å²) in [4.78, 5) is 25.8. The molecule has 1 aliphatic heterocycles. The van der Waals surface area contributed by atoms with Gasteiger partial charge >= 0.3 is 12.1 Å². The van der Waals surface area contributed by atoms with Crippen LogP contribution < -0.4 is 10.1 Å². The first kappa shape index (κ1) is 22.5. The summed E-state index contributed by atoms with van der Waals surface area (Å²) >= 11 is 0. The van der Waals surface area contributed by atoms with Gasteiger partial charge in [-0.25, -0.2) is 4.79 Å². The van der Waals surface area contributed by atoms with Crippen LogP contribution in [0.25, 0.3) is 0 Å². The smallest absolute Gasteiger partial charge is 0.416 e. The molecule has 0 bridgehead atoms. The van der Waals surface area contributed by atoms with Gasteiger partial charge in [-0.3, -0.25) is 4.79 Å². The van der Waals surface area contributed by atoms with Gasteiger partial charge in [-0.05, 0) is 32.9 Å². The van der Waals surface area contributed by atoms with Crippen LogP contribution in [-0.4, -0.2) is 54.3 Å². The lowest BCUT2D eigenvalue weighted by molar-refractivity contribution is -0.138. The van der Waals surface area contributed by atoms with E-state index in [9.17, 15) is 22.8 Å². The number of nitrogens with zero attached hydrogens (tertiary/aromatic N) is 1. The Morgan fingerprint density at radius 3 is 2.41 bits per heavy atom. The maximum atomic E-state index is 13.3. The highest BCUT2D eigenvalue weighted by Crippen LogP contribution is 2.36. The molecule has 29 heavy (non-hydrogen) atoms. The number of rotatable bonds is 6. The summed E-state index contributed by atoms with van der Waals surface area (Å²) in [6, 6.07) is 2.99. The van der Waals surface area contributed by atoms with Gasteiger partial charge in [-0.15, -0.1) is 0 Å². The third kappa shape index (κ3) is 5.63. The summed E-state index contributed by atoms with van der Waals surface area (Å²) in [6.07, 6.45) is -4.64. The Kier molecular flexibility index (Phi) is 6.46. The number of nitrogens with one attached hydrogen (secondary N) is 1. The Morgan fingerprint density at radius 2 is 1.90 bits per heavy atom. The molecule has 1 aliphatic rings. The lowest BCUT2D eigenvalue weighted by Gasteiger charge is -2.23. The maximum Gasteiger partial charge on any atom is 0.416 e. The van der Waals surface area contributed by atoms with E-state index in [1.54, 1.807) is 20.8 Å². The Bertz CT molecular complexity index is 828. The number of anilines is 1. The zero-order valence-electron chi connectivity index (χ0n) is 16.5. The summed E-state index contributed by atoms with van der Waals surface area (Å²) in [5, 5.41) is 11.7. The van der Waals surface area contributed by atoms with Crippen molar-refractivity contribution in [3.63, 3.8) is 0 Å². The number of hydrogen-bond donors (Lipinski definition) is 2. The fraction of sp³-hybridized carbons (Fsp3) is 0.474. The van der Waals surface area contributed by atoms with Gasteiger partial charge in [-0.1, -0.05) is 0 Å². The minimum absolute atomic E-state index is 0.0362. The number of aliphatic hydroxyl groups excluding tert-OH is 1. The highest BCUT2D eigenvalue weighted by Gasteiger charge is 2.36. The lowest BCUT2D eigenvalue weighted by atomic mass is 10.1. The van der Waals surface area contributed by atoms with Gasteiger partial charge in [0.25, 0.3) is 5.91 Å². The number of amides is 1. The van der Waals surface area contributed by atoms with Gasteiger partial charge in [0.1, 0.15) is 17.0 Å². The van der Waals surface area contributed by atoms with Gasteiger partial charge in [0.2, 0.25) is 0 Å². The van der Waals surface area contributed by atoms with E-state index in [2.05, 4.69) is 10.1 Å². The number of ether oxygens (including phenoxy) is 2. The van der Waals surface area contributed by atoms with Crippen LogP contribution >= 0.6 is 0 Å². The summed E-state index contributed by atoms with van der Waals surface area (Å²) in [7, 11) is 1.13. The zero-order valence-corrected chi connectivity index (χ0v) is 16.5. The van der Waals surface area contributed by atoms with Crippen LogP contribution in [0.5, 0.6) is 5.75 Å². The number of carbonyl (C=O) groups excluding carboxylic acids is 2. The second kappa shape index (κ2) is 8.32. The van der Waals surface area contributed by atoms with Crippen molar-refractivity contribution in [2.24, 2.45) is 0 Å². The summed E-state index contributed by atoms with van der Waals surface area (Å²) < 4.78 is 50.2. The number of benzene rings is 1. The predicted octanol–water partition coefficient (Wildman–Crippen LogP) is 2.56. The highest BCUT2D eigenvalue weighted by atomic mass is 19.4. The molecule has 1 amide bonds. The Hall–Kier alpha value is -2.75. The molecule has 0 aromatic heterocycles. The lowest BCUT2D eigenvalue weighted by Crippen LogP contribution is -2.31. The van der Waals surface area contributed by atoms with Crippen LogP contribution in [-0.2, 0) is 20.5 Å². The number of hydrogen-bond acceptors (Lipinski definition) is 6. The Balaban J connectivity index is 2.48. The first-order valence-electron chi connectivity index (χ1n) is 8.75. The molecule has 0 unspecified atom stereocenters. The zero-order chi connectivity index (χ0) is 22.0. The quantitative estimate of drug-likeness (QED) is 0.693. The van der Waals surface area contributed by atoms with Gasteiger partial charge in [0.15, 0.2) is 0 Å². The molecular weight excluding hydrogens is 393 g/mol. The van der Waals surface area contributed by atoms with Crippen LogP contribution in [0.3, 0.4) is 0 Å². The van der Waals surface area contributed by atoms with E-state index in [-0.39, 0.29) is 42.4 Å². The van der Waals surface area contributed by atoms with Crippen molar-refractivity contribution >= 4 is 17.6 Å². The van der Waals surface area contributed by atoms with Crippen LogP contribution in [0.15, 0.2) is 29.5 Å². The van der Waals surface area contributed by atoms with Gasteiger partial charge < -0.3 is 24.8 Å². The fourth-order valence-corrected chi connectivity index (χ4v) is 2.74. The molecule has 0 saturated heterocycles. The van der Waals surface area contributed by atoms with Crippen LogP contribution in [0.2, 0.25) is 0 Å². The molecule has 0 atom stereocenters. The van der Waals surface area contributed by atoms with Crippen molar-refractivity contribution < 1.29 is 37.3 Å². The largest absolute Gasteiger partial charge is 0.488 e. The minimum atomic E-state index is -4.64. The van der Waals surface area contributed by atoms with Crippen molar-refractivity contribution in [3.8, 4) is 5.75 Å². The van der Waals surface area contributed by atoms with E-state index >= 15 is 0 Å². The molecule has 0 radical (unpaired) electrons. The van der Waals surface area contributed by atoms with Gasteiger partial charge in [0, 0.05) is 18.3 Å². The van der Waals surface area contributed by atoms with Crippen molar-refractivity contribution in [1.29, 1.82) is 0 Å². The molecule has 0 saturated carbocycles. The first-order valence-corrected chi connectivity index (χ1v) is 8.75. The summed E-state index contributed by atoms with van der Waals surface area (Å²) in [5.74, 6) is -1.47. The standard InChI is InChI=1S/C19H23F3N2O5/c1-18(2,3)29-13-8-11(19(20,21)22)7-12(9-13)23-15-14(17(27)28-4)10-24(5-6-25)16(15)26/h7-9,23,25H,5-6,10H2,1-4H3. The topological polar surface area (TPSA) is 88.1 Å². The number of alkyl halides is 3. The molecule has 1 aromatic rings. The highest BCUT2D eigenvalue weighted by molar-refractivity contribution is 6.08.